The second kappa shape index (κ2) is 5.53. The first-order chi connectivity index (χ1) is 9.10. The minimum atomic E-state index is -0.234. The average Bonchev–Trinajstić information content (AvgIpc) is 2.42. The third-order valence-electron chi connectivity index (χ3n) is 3.08. The molecule has 1 unspecified atom stereocenters. The predicted octanol–water partition coefficient (Wildman–Crippen LogP) is 4.18. The molecule has 96 valence electrons. The fourth-order valence-corrected chi connectivity index (χ4v) is 1.98. The highest BCUT2D eigenvalue weighted by Gasteiger charge is 2.08. The Morgan fingerprint density at radius 1 is 1.21 bits per heavy atom. The summed E-state index contributed by atoms with van der Waals surface area (Å²) in [5.41, 5.74) is 3.43. The summed E-state index contributed by atoms with van der Waals surface area (Å²) in [4.78, 5) is 0. The molecule has 0 spiro atoms. The summed E-state index contributed by atoms with van der Waals surface area (Å²) in [6.07, 6.45) is 0. The second-order valence-corrected chi connectivity index (χ2v) is 4.56. The minimum Gasteiger partial charge on any atom is -0.378 e. The molecule has 2 aromatic carbocycles. The quantitative estimate of drug-likeness (QED) is 0.891. The Labute approximate surface area is 112 Å². The van der Waals surface area contributed by atoms with Crippen LogP contribution in [0.3, 0.4) is 0 Å². The van der Waals surface area contributed by atoms with Gasteiger partial charge in [-0.25, -0.2) is 4.39 Å². The molecular formula is C16H15FN2. The monoisotopic (exact) mass is 254 g/mol. The van der Waals surface area contributed by atoms with Crippen LogP contribution in [-0.4, -0.2) is 0 Å². The lowest BCUT2D eigenvalue weighted by atomic mass is 10.0. The molecule has 0 bridgehead atoms. The van der Waals surface area contributed by atoms with Crippen molar-refractivity contribution in [2.24, 2.45) is 0 Å². The third-order valence-corrected chi connectivity index (χ3v) is 3.08. The van der Waals surface area contributed by atoms with Crippen LogP contribution in [0.25, 0.3) is 0 Å². The second-order valence-electron chi connectivity index (χ2n) is 4.56. The van der Waals surface area contributed by atoms with Crippen molar-refractivity contribution in [1.29, 1.82) is 5.26 Å². The first kappa shape index (κ1) is 13.1. The molecule has 2 aromatic rings. The summed E-state index contributed by atoms with van der Waals surface area (Å²) in [6, 6.07) is 14.3. The Kier molecular flexibility index (Phi) is 3.82. The summed E-state index contributed by atoms with van der Waals surface area (Å²) in [6.45, 7) is 3.88. The Hall–Kier alpha value is -2.34. The van der Waals surface area contributed by atoms with E-state index >= 15 is 0 Å². The average molecular weight is 254 g/mol. The molecule has 0 amide bonds. The molecule has 0 aliphatic heterocycles. The Morgan fingerprint density at radius 2 is 2.00 bits per heavy atom. The summed E-state index contributed by atoms with van der Waals surface area (Å²) < 4.78 is 13.0. The van der Waals surface area contributed by atoms with E-state index in [-0.39, 0.29) is 11.9 Å². The highest BCUT2D eigenvalue weighted by molar-refractivity contribution is 5.52. The topological polar surface area (TPSA) is 35.8 Å². The lowest BCUT2D eigenvalue weighted by molar-refractivity contribution is 0.626. The number of anilines is 1. The maximum atomic E-state index is 13.0. The Bertz CT molecular complexity index is 629. The van der Waals surface area contributed by atoms with Gasteiger partial charge in [0.2, 0.25) is 0 Å². The van der Waals surface area contributed by atoms with Crippen molar-refractivity contribution in [3.63, 3.8) is 0 Å². The molecule has 1 atom stereocenters. The van der Waals surface area contributed by atoms with E-state index in [0.29, 0.717) is 5.56 Å². The molecule has 0 aromatic heterocycles. The molecule has 2 rings (SSSR count). The van der Waals surface area contributed by atoms with Gasteiger partial charge in [0.25, 0.3) is 0 Å². The smallest absolute Gasteiger partial charge is 0.123 e. The fourth-order valence-electron chi connectivity index (χ4n) is 1.98. The van der Waals surface area contributed by atoms with Crippen LogP contribution >= 0.6 is 0 Å². The van der Waals surface area contributed by atoms with Gasteiger partial charge in [-0.3, -0.25) is 0 Å². The normalized spacial score (nSPS) is 11.7. The number of aryl methyl sites for hydroxylation is 1. The van der Waals surface area contributed by atoms with Gasteiger partial charge >= 0.3 is 0 Å². The summed E-state index contributed by atoms with van der Waals surface area (Å²) in [7, 11) is 0. The molecule has 0 fully saturated rings. The molecule has 0 heterocycles. The molecule has 0 aliphatic carbocycles. The van der Waals surface area contributed by atoms with Crippen molar-refractivity contribution in [3.8, 4) is 6.07 Å². The first-order valence-corrected chi connectivity index (χ1v) is 6.13. The van der Waals surface area contributed by atoms with Gasteiger partial charge in [0.15, 0.2) is 0 Å². The number of rotatable bonds is 3. The molecule has 0 saturated carbocycles. The zero-order valence-corrected chi connectivity index (χ0v) is 10.9. The van der Waals surface area contributed by atoms with Crippen molar-refractivity contribution >= 4 is 5.69 Å². The van der Waals surface area contributed by atoms with E-state index in [0.717, 1.165) is 16.8 Å². The summed E-state index contributed by atoms with van der Waals surface area (Å²) in [5.74, 6) is -0.234. The fraction of sp³-hybridized carbons (Fsp3) is 0.188. The summed E-state index contributed by atoms with van der Waals surface area (Å²) in [5, 5.41) is 12.2. The molecular weight excluding hydrogens is 239 g/mol. The Morgan fingerprint density at radius 3 is 2.68 bits per heavy atom. The van der Waals surface area contributed by atoms with Gasteiger partial charge in [0, 0.05) is 11.7 Å². The van der Waals surface area contributed by atoms with Crippen LogP contribution in [-0.2, 0) is 0 Å². The molecule has 3 heteroatoms. The maximum Gasteiger partial charge on any atom is 0.123 e. The highest BCUT2D eigenvalue weighted by Crippen LogP contribution is 2.23. The van der Waals surface area contributed by atoms with Crippen LogP contribution in [0.1, 0.15) is 29.7 Å². The van der Waals surface area contributed by atoms with Crippen LogP contribution in [0.5, 0.6) is 0 Å². The van der Waals surface area contributed by atoms with Crippen molar-refractivity contribution in [2.75, 3.05) is 5.32 Å². The Balaban J connectivity index is 2.20. The molecule has 0 aliphatic rings. The number of hydrogen-bond donors (Lipinski definition) is 1. The lowest BCUT2D eigenvalue weighted by Gasteiger charge is -2.17. The van der Waals surface area contributed by atoms with E-state index in [2.05, 4.69) is 11.4 Å². The van der Waals surface area contributed by atoms with Crippen LogP contribution in [0, 0.1) is 24.1 Å². The van der Waals surface area contributed by atoms with Crippen LogP contribution in [0.15, 0.2) is 42.5 Å². The number of benzene rings is 2. The number of halogens is 1. The van der Waals surface area contributed by atoms with E-state index < -0.39 is 0 Å². The van der Waals surface area contributed by atoms with E-state index in [1.807, 2.05) is 32.0 Å². The van der Waals surface area contributed by atoms with E-state index in [4.69, 9.17) is 5.26 Å². The zero-order chi connectivity index (χ0) is 13.8. The molecule has 0 saturated heterocycles. The van der Waals surface area contributed by atoms with E-state index in [1.165, 1.54) is 12.1 Å². The van der Waals surface area contributed by atoms with Gasteiger partial charge in [0.05, 0.1) is 11.6 Å². The van der Waals surface area contributed by atoms with Gasteiger partial charge in [-0.2, -0.15) is 5.26 Å². The summed E-state index contributed by atoms with van der Waals surface area (Å²) >= 11 is 0. The number of nitriles is 1. The maximum absolute atomic E-state index is 13.0. The first-order valence-electron chi connectivity index (χ1n) is 6.13. The van der Waals surface area contributed by atoms with Crippen LogP contribution in [0.4, 0.5) is 10.1 Å². The van der Waals surface area contributed by atoms with Gasteiger partial charge in [-0.15, -0.1) is 0 Å². The molecule has 1 N–H and O–H groups in total. The predicted molar refractivity (Wildman–Crippen MR) is 74.3 cm³/mol. The van der Waals surface area contributed by atoms with E-state index in [9.17, 15) is 4.39 Å². The standard InChI is InChI=1S/C16H15FN2/c1-11-8-15(17)6-7-16(11)19-12(2)14-5-3-4-13(9-14)10-18/h3-9,12,19H,1-2H3. The highest BCUT2D eigenvalue weighted by atomic mass is 19.1. The number of hydrogen-bond acceptors (Lipinski definition) is 2. The van der Waals surface area contributed by atoms with E-state index in [1.54, 1.807) is 12.1 Å². The zero-order valence-electron chi connectivity index (χ0n) is 10.9. The van der Waals surface area contributed by atoms with Crippen molar-refractivity contribution in [2.45, 2.75) is 19.9 Å². The molecule has 2 nitrogen and oxygen atoms in total. The van der Waals surface area contributed by atoms with Crippen LogP contribution in [0.2, 0.25) is 0 Å². The van der Waals surface area contributed by atoms with Gasteiger partial charge in [-0.05, 0) is 55.3 Å². The number of nitrogens with one attached hydrogen (secondary N) is 1. The van der Waals surface area contributed by atoms with Crippen LogP contribution < -0.4 is 5.32 Å². The van der Waals surface area contributed by atoms with Gasteiger partial charge in [-0.1, -0.05) is 12.1 Å². The van der Waals surface area contributed by atoms with Gasteiger partial charge in [0.1, 0.15) is 5.82 Å². The largest absolute Gasteiger partial charge is 0.378 e. The minimum absolute atomic E-state index is 0.0532. The van der Waals surface area contributed by atoms with Crippen molar-refractivity contribution in [1.82, 2.24) is 0 Å². The van der Waals surface area contributed by atoms with Gasteiger partial charge < -0.3 is 5.32 Å². The molecule has 19 heavy (non-hydrogen) atoms. The van der Waals surface area contributed by atoms with Crippen molar-refractivity contribution < 1.29 is 4.39 Å². The number of nitrogens with zero attached hydrogens (tertiary/aromatic N) is 1. The SMILES string of the molecule is Cc1cc(F)ccc1NC(C)c1cccc(C#N)c1. The molecule has 0 radical (unpaired) electrons. The van der Waals surface area contributed by atoms with Crippen molar-refractivity contribution in [3.05, 3.63) is 65.0 Å². The lowest BCUT2D eigenvalue weighted by Crippen LogP contribution is -2.08. The third kappa shape index (κ3) is 3.11.